The number of hydrazine groups is 1. The van der Waals surface area contributed by atoms with Crippen LogP contribution >= 0.6 is 15.9 Å². The largest absolute Gasteiger partial charge is 0.490 e. The minimum absolute atomic E-state index is 0.0199. The third-order valence-corrected chi connectivity index (χ3v) is 5.64. The predicted molar refractivity (Wildman–Crippen MR) is 133 cm³/mol. The second-order valence-electron chi connectivity index (χ2n) is 7.45. The lowest BCUT2D eigenvalue weighted by Crippen LogP contribution is -2.35. The zero-order chi connectivity index (χ0) is 24.9. The molecule has 0 aliphatic carbocycles. The molecule has 35 heavy (non-hydrogen) atoms. The molecule has 9 nitrogen and oxygen atoms in total. The summed E-state index contributed by atoms with van der Waals surface area (Å²) < 4.78 is 12.2. The summed E-state index contributed by atoms with van der Waals surface area (Å²) in [4.78, 5) is 35.9. The highest BCUT2D eigenvalue weighted by Crippen LogP contribution is 2.38. The molecule has 3 aromatic carbocycles. The van der Waals surface area contributed by atoms with Crippen molar-refractivity contribution in [3.05, 3.63) is 98.0 Å². The predicted octanol–water partition coefficient (Wildman–Crippen LogP) is 4.80. The highest BCUT2D eigenvalue weighted by Gasteiger charge is 2.34. The summed E-state index contributed by atoms with van der Waals surface area (Å²) in [5.74, 6) is -0.196. The van der Waals surface area contributed by atoms with Crippen molar-refractivity contribution in [1.29, 1.82) is 0 Å². The molecule has 178 valence electrons. The van der Waals surface area contributed by atoms with Crippen molar-refractivity contribution >= 4 is 45.2 Å². The van der Waals surface area contributed by atoms with Crippen molar-refractivity contribution < 1.29 is 24.0 Å². The van der Waals surface area contributed by atoms with Gasteiger partial charge in [-0.25, -0.2) is 5.01 Å². The van der Waals surface area contributed by atoms with E-state index in [0.717, 1.165) is 0 Å². The maximum atomic E-state index is 12.9. The molecule has 2 amide bonds. The molecule has 0 aromatic heterocycles. The molecule has 0 bridgehead atoms. The summed E-state index contributed by atoms with van der Waals surface area (Å²) in [7, 11) is 0. The number of hydrogen-bond donors (Lipinski definition) is 1. The number of rotatable bonds is 8. The van der Waals surface area contributed by atoms with Gasteiger partial charge < -0.3 is 9.47 Å². The van der Waals surface area contributed by atoms with Crippen LogP contribution in [0.15, 0.2) is 76.8 Å². The number of anilines is 1. The minimum atomic E-state index is -0.515. The van der Waals surface area contributed by atoms with Gasteiger partial charge in [0.25, 0.3) is 17.5 Å². The lowest BCUT2D eigenvalue weighted by Gasteiger charge is -2.15. The molecule has 1 N–H and O–H groups in total. The van der Waals surface area contributed by atoms with Crippen LogP contribution in [0.25, 0.3) is 6.08 Å². The number of carbonyl (C=O) groups is 2. The zero-order valence-electron chi connectivity index (χ0n) is 18.6. The Morgan fingerprint density at radius 3 is 2.54 bits per heavy atom. The maximum Gasteiger partial charge on any atom is 0.282 e. The number of para-hydroxylation sites is 1. The van der Waals surface area contributed by atoms with Gasteiger partial charge in [0.15, 0.2) is 11.5 Å². The van der Waals surface area contributed by atoms with E-state index in [4.69, 9.17) is 9.47 Å². The van der Waals surface area contributed by atoms with Crippen molar-refractivity contribution in [2.24, 2.45) is 0 Å². The monoisotopic (exact) mass is 537 g/mol. The van der Waals surface area contributed by atoms with Crippen LogP contribution in [0.5, 0.6) is 11.5 Å². The van der Waals surface area contributed by atoms with Crippen LogP contribution < -0.4 is 19.9 Å². The van der Waals surface area contributed by atoms with E-state index in [1.807, 2.05) is 13.0 Å². The summed E-state index contributed by atoms with van der Waals surface area (Å²) >= 11 is 3.47. The minimum Gasteiger partial charge on any atom is -0.490 e. The van der Waals surface area contributed by atoms with Crippen LogP contribution in [-0.4, -0.2) is 23.3 Å². The number of amides is 2. The molecule has 1 saturated heterocycles. The van der Waals surface area contributed by atoms with Gasteiger partial charge in [-0.1, -0.05) is 30.3 Å². The molecule has 0 radical (unpaired) electrons. The average molecular weight is 538 g/mol. The van der Waals surface area contributed by atoms with Crippen molar-refractivity contribution in [3.63, 3.8) is 0 Å². The van der Waals surface area contributed by atoms with E-state index in [9.17, 15) is 19.7 Å². The topological polar surface area (TPSA) is 111 Å². The van der Waals surface area contributed by atoms with Crippen molar-refractivity contribution in [1.82, 2.24) is 5.43 Å². The first-order valence-electron chi connectivity index (χ1n) is 10.6. The summed E-state index contributed by atoms with van der Waals surface area (Å²) in [6.07, 6.45) is 1.48. The first kappa shape index (κ1) is 24.0. The first-order valence-corrected chi connectivity index (χ1v) is 11.4. The van der Waals surface area contributed by atoms with Gasteiger partial charge >= 0.3 is 0 Å². The second-order valence-corrected chi connectivity index (χ2v) is 8.31. The molecule has 1 aliphatic heterocycles. The highest BCUT2D eigenvalue weighted by atomic mass is 79.9. The summed E-state index contributed by atoms with van der Waals surface area (Å²) in [6, 6.07) is 18.3. The number of carbonyl (C=O) groups excluding carboxylic acids is 2. The number of halogens is 1. The first-order chi connectivity index (χ1) is 16.9. The van der Waals surface area contributed by atoms with Crippen molar-refractivity contribution in [3.8, 4) is 11.5 Å². The molecule has 1 heterocycles. The van der Waals surface area contributed by atoms with Gasteiger partial charge in [-0.3, -0.25) is 25.1 Å². The third-order valence-electron chi connectivity index (χ3n) is 5.05. The number of ether oxygens (including phenoxy) is 2. The Kier molecular flexibility index (Phi) is 7.11. The molecular formula is C25H20BrN3O6. The number of hydrogen-bond acceptors (Lipinski definition) is 6. The zero-order valence-corrected chi connectivity index (χ0v) is 20.2. The summed E-state index contributed by atoms with van der Waals surface area (Å²) in [6.45, 7) is 2.24. The Labute approximate surface area is 209 Å². The lowest BCUT2D eigenvalue weighted by molar-refractivity contribution is -0.384. The molecule has 1 fully saturated rings. The molecule has 0 saturated carbocycles. The fourth-order valence-electron chi connectivity index (χ4n) is 3.47. The molecule has 0 unspecified atom stereocenters. The molecule has 0 atom stereocenters. The molecule has 0 spiro atoms. The Hall–Kier alpha value is -4.18. The van der Waals surface area contributed by atoms with Gasteiger partial charge in [-0.05, 0) is 64.3 Å². The average Bonchev–Trinajstić information content (AvgIpc) is 3.13. The summed E-state index contributed by atoms with van der Waals surface area (Å²) in [5, 5.41) is 12.2. The highest BCUT2D eigenvalue weighted by molar-refractivity contribution is 9.10. The lowest BCUT2D eigenvalue weighted by atomic mass is 10.1. The van der Waals surface area contributed by atoms with Crippen LogP contribution in [0.4, 0.5) is 11.4 Å². The van der Waals surface area contributed by atoms with Crippen molar-refractivity contribution in [2.75, 3.05) is 11.6 Å². The van der Waals surface area contributed by atoms with Crippen molar-refractivity contribution in [2.45, 2.75) is 13.5 Å². The standard InChI is InChI=1S/C25H20BrN3O6/c1-2-34-22-14-17(12-20-24(30)27-28(25(20)31)18-8-4-3-5-9-18)13-21(26)23(22)35-15-16-7-6-10-19(11-16)29(32)33/h3-14H,2,15H2,1H3,(H,27,30)/b20-12-. The molecule has 3 aromatic rings. The quantitative estimate of drug-likeness (QED) is 0.191. The Morgan fingerprint density at radius 2 is 1.83 bits per heavy atom. The van der Waals surface area contributed by atoms with E-state index in [1.165, 1.54) is 23.2 Å². The van der Waals surface area contributed by atoms with Gasteiger partial charge in [-0.15, -0.1) is 0 Å². The van der Waals surface area contributed by atoms with Gasteiger partial charge in [-0.2, -0.15) is 0 Å². The number of non-ortho nitro benzene ring substituents is 1. The number of benzene rings is 3. The summed E-state index contributed by atoms with van der Waals surface area (Å²) in [5.41, 5.74) is 4.24. The van der Waals surface area contributed by atoms with Gasteiger partial charge in [0.1, 0.15) is 12.2 Å². The Morgan fingerprint density at radius 1 is 1.06 bits per heavy atom. The van der Waals surface area contributed by atoms with Crippen LogP contribution in [0.3, 0.4) is 0 Å². The van der Waals surface area contributed by atoms with Gasteiger partial charge in [0.05, 0.1) is 21.7 Å². The number of nitro groups is 1. The fourth-order valence-corrected chi connectivity index (χ4v) is 4.05. The van der Waals surface area contributed by atoms with Gasteiger partial charge in [0, 0.05) is 12.1 Å². The van der Waals surface area contributed by atoms with Crippen LogP contribution in [0, 0.1) is 10.1 Å². The Bertz CT molecular complexity index is 1330. The number of nitrogens with one attached hydrogen (secondary N) is 1. The normalized spacial score (nSPS) is 14.2. The number of nitrogens with zero attached hydrogens (tertiary/aromatic N) is 2. The van der Waals surface area contributed by atoms with E-state index >= 15 is 0 Å². The molecular weight excluding hydrogens is 518 g/mol. The maximum absolute atomic E-state index is 12.9. The fraction of sp³-hybridized carbons (Fsp3) is 0.120. The van der Waals surface area contributed by atoms with E-state index in [2.05, 4.69) is 21.4 Å². The van der Waals surface area contributed by atoms with Crippen LogP contribution in [0.2, 0.25) is 0 Å². The van der Waals surface area contributed by atoms with E-state index < -0.39 is 16.7 Å². The molecule has 10 heteroatoms. The second kappa shape index (κ2) is 10.4. The van der Waals surface area contributed by atoms with E-state index in [0.29, 0.717) is 39.4 Å². The number of nitro benzene ring substituents is 1. The molecule has 1 aliphatic rings. The van der Waals surface area contributed by atoms with E-state index in [1.54, 1.807) is 48.5 Å². The van der Waals surface area contributed by atoms with Crippen LogP contribution in [0.1, 0.15) is 18.1 Å². The van der Waals surface area contributed by atoms with Gasteiger partial charge in [0.2, 0.25) is 0 Å². The Balaban J connectivity index is 1.60. The molecule has 4 rings (SSSR count). The SMILES string of the molecule is CCOc1cc(/C=C2/C(=O)NN(c3ccccc3)C2=O)cc(Br)c1OCc1cccc([N+](=O)[O-])c1. The van der Waals surface area contributed by atoms with E-state index in [-0.39, 0.29) is 17.9 Å². The smallest absolute Gasteiger partial charge is 0.282 e. The third kappa shape index (κ3) is 5.33. The van der Waals surface area contributed by atoms with Crippen LogP contribution in [-0.2, 0) is 16.2 Å².